The van der Waals surface area contributed by atoms with E-state index in [1.807, 2.05) is 6.92 Å². The van der Waals surface area contributed by atoms with Crippen molar-refractivity contribution in [2.24, 2.45) is 5.41 Å². The molecule has 0 N–H and O–H groups in total. The van der Waals surface area contributed by atoms with E-state index in [4.69, 9.17) is 9.47 Å². The summed E-state index contributed by atoms with van der Waals surface area (Å²) in [5.74, 6) is 0.393. The van der Waals surface area contributed by atoms with Gasteiger partial charge in [-0.2, -0.15) is 4.31 Å². The summed E-state index contributed by atoms with van der Waals surface area (Å²) < 4.78 is 39.1. The summed E-state index contributed by atoms with van der Waals surface area (Å²) in [6, 6.07) is 3.39. The smallest absolute Gasteiger partial charge is 0.246 e. The SMILES string of the molecule is COc1cc(C)c(Br)cc1S(=O)(=O)N1CCC2(CCOC2)C1. The van der Waals surface area contributed by atoms with Gasteiger partial charge < -0.3 is 9.47 Å². The summed E-state index contributed by atoms with van der Waals surface area (Å²) in [5.41, 5.74) is 0.945. The molecule has 2 saturated heterocycles. The first kappa shape index (κ1) is 16.2. The van der Waals surface area contributed by atoms with Gasteiger partial charge in [-0.05, 0) is 37.5 Å². The highest BCUT2D eigenvalue weighted by Crippen LogP contribution is 2.41. The van der Waals surface area contributed by atoms with Gasteiger partial charge in [0.15, 0.2) is 0 Å². The van der Waals surface area contributed by atoms with Crippen LogP contribution in [0.4, 0.5) is 0 Å². The van der Waals surface area contributed by atoms with E-state index >= 15 is 0 Å². The Kier molecular flexibility index (Phi) is 4.26. The first-order valence-electron chi connectivity index (χ1n) is 7.30. The van der Waals surface area contributed by atoms with Crippen LogP contribution in [0.3, 0.4) is 0 Å². The molecule has 2 heterocycles. The van der Waals surface area contributed by atoms with Gasteiger partial charge in [-0.1, -0.05) is 15.9 Å². The first-order valence-corrected chi connectivity index (χ1v) is 9.53. The molecule has 3 rings (SSSR count). The lowest BCUT2D eigenvalue weighted by Gasteiger charge is -2.22. The Morgan fingerprint density at radius 3 is 2.77 bits per heavy atom. The molecule has 0 amide bonds. The fraction of sp³-hybridized carbons (Fsp3) is 0.600. The first-order chi connectivity index (χ1) is 10.4. The van der Waals surface area contributed by atoms with E-state index in [0.29, 0.717) is 25.4 Å². The van der Waals surface area contributed by atoms with Crippen LogP contribution in [-0.2, 0) is 14.8 Å². The van der Waals surface area contributed by atoms with Gasteiger partial charge in [0.25, 0.3) is 0 Å². The minimum atomic E-state index is -3.56. The number of nitrogens with zero attached hydrogens (tertiary/aromatic N) is 1. The summed E-state index contributed by atoms with van der Waals surface area (Å²) >= 11 is 3.41. The average molecular weight is 390 g/mol. The Bertz CT molecular complexity index is 683. The van der Waals surface area contributed by atoms with Crippen LogP contribution in [0.1, 0.15) is 18.4 Å². The van der Waals surface area contributed by atoms with Crippen LogP contribution in [0.2, 0.25) is 0 Å². The molecule has 22 heavy (non-hydrogen) atoms. The third kappa shape index (κ3) is 2.68. The Labute approximate surface area is 139 Å². The highest BCUT2D eigenvalue weighted by Gasteiger charge is 2.45. The highest BCUT2D eigenvalue weighted by atomic mass is 79.9. The predicted molar refractivity (Wildman–Crippen MR) is 86.7 cm³/mol. The van der Waals surface area contributed by atoms with Crippen molar-refractivity contribution < 1.29 is 17.9 Å². The van der Waals surface area contributed by atoms with E-state index < -0.39 is 10.0 Å². The third-order valence-electron chi connectivity index (χ3n) is 4.65. The van der Waals surface area contributed by atoms with Crippen LogP contribution in [0, 0.1) is 12.3 Å². The van der Waals surface area contributed by atoms with E-state index in [1.165, 1.54) is 7.11 Å². The van der Waals surface area contributed by atoms with Gasteiger partial charge in [0.1, 0.15) is 10.6 Å². The number of methoxy groups -OCH3 is 1. The quantitative estimate of drug-likeness (QED) is 0.796. The van der Waals surface area contributed by atoms with Gasteiger partial charge >= 0.3 is 0 Å². The second-order valence-corrected chi connectivity index (χ2v) is 8.90. The number of sulfonamides is 1. The lowest BCUT2D eigenvalue weighted by Crippen LogP contribution is -2.32. The number of halogens is 1. The zero-order chi connectivity index (χ0) is 16.0. The van der Waals surface area contributed by atoms with Crippen LogP contribution >= 0.6 is 15.9 Å². The fourth-order valence-corrected chi connectivity index (χ4v) is 5.42. The zero-order valence-electron chi connectivity index (χ0n) is 12.8. The van der Waals surface area contributed by atoms with Crippen molar-refractivity contribution in [1.82, 2.24) is 4.31 Å². The van der Waals surface area contributed by atoms with Crippen LogP contribution in [-0.4, -0.2) is 46.1 Å². The molecule has 2 aliphatic heterocycles. The summed E-state index contributed by atoms with van der Waals surface area (Å²) in [6.45, 7) is 4.37. The third-order valence-corrected chi connectivity index (χ3v) is 7.37. The molecule has 122 valence electrons. The molecule has 1 atom stereocenters. The number of ether oxygens (including phenoxy) is 2. The molecule has 7 heteroatoms. The number of benzene rings is 1. The summed E-state index contributed by atoms with van der Waals surface area (Å²) in [5, 5.41) is 0. The Hall–Kier alpha value is -0.630. The van der Waals surface area contributed by atoms with Crippen molar-refractivity contribution in [2.75, 3.05) is 33.4 Å². The number of hydrogen-bond acceptors (Lipinski definition) is 4. The lowest BCUT2D eigenvalue weighted by atomic mass is 9.87. The molecule has 0 saturated carbocycles. The standard InChI is InChI=1S/C15H20BrNO4S/c1-11-7-13(20-2)14(8-12(11)16)22(18,19)17-5-3-15(9-17)4-6-21-10-15/h7-8H,3-6,9-10H2,1-2H3. The highest BCUT2D eigenvalue weighted by molar-refractivity contribution is 9.10. The predicted octanol–water partition coefficient (Wildman–Crippen LogP) is 2.57. The number of hydrogen-bond donors (Lipinski definition) is 0. The number of rotatable bonds is 3. The van der Waals surface area contributed by atoms with Crippen molar-refractivity contribution in [3.63, 3.8) is 0 Å². The van der Waals surface area contributed by atoms with Crippen LogP contribution in [0.25, 0.3) is 0 Å². The molecule has 1 unspecified atom stereocenters. The molecule has 1 spiro atoms. The Morgan fingerprint density at radius 1 is 1.36 bits per heavy atom. The maximum atomic E-state index is 13.0. The Morgan fingerprint density at radius 2 is 2.14 bits per heavy atom. The molecule has 1 aromatic rings. The van der Waals surface area contributed by atoms with Gasteiger partial charge in [0.2, 0.25) is 10.0 Å². The van der Waals surface area contributed by atoms with Crippen molar-refractivity contribution in [3.05, 3.63) is 22.2 Å². The van der Waals surface area contributed by atoms with E-state index in [2.05, 4.69) is 15.9 Å². The largest absolute Gasteiger partial charge is 0.495 e. The molecule has 1 aromatic carbocycles. The van der Waals surface area contributed by atoms with Crippen molar-refractivity contribution in [3.8, 4) is 5.75 Å². The summed E-state index contributed by atoms with van der Waals surface area (Å²) in [7, 11) is -2.06. The second-order valence-electron chi connectivity index (χ2n) is 6.14. The van der Waals surface area contributed by atoms with Gasteiger partial charge in [-0.15, -0.1) is 0 Å². The van der Waals surface area contributed by atoms with Crippen LogP contribution in [0.5, 0.6) is 5.75 Å². The fourth-order valence-electron chi connectivity index (χ4n) is 3.21. The van der Waals surface area contributed by atoms with E-state index in [0.717, 1.165) is 29.5 Å². The van der Waals surface area contributed by atoms with E-state index in [-0.39, 0.29) is 10.3 Å². The monoisotopic (exact) mass is 389 g/mol. The molecule has 2 aliphatic rings. The number of aryl methyl sites for hydroxylation is 1. The van der Waals surface area contributed by atoms with Crippen molar-refractivity contribution in [2.45, 2.75) is 24.7 Å². The molecular weight excluding hydrogens is 370 g/mol. The zero-order valence-corrected chi connectivity index (χ0v) is 15.2. The summed E-state index contributed by atoms with van der Waals surface area (Å²) in [6.07, 6.45) is 1.80. The minimum absolute atomic E-state index is 0.00222. The minimum Gasteiger partial charge on any atom is -0.495 e. The molecule has 2 fully saturated rings. The normalized spacial score (nSPS) is 26.0. The lowest BCUT2D eigenvalue weighted by molar-refractivity contribution is 0.157. The van der Waals surface area contributed by atoms with E-state index in [9.17, 15) is 8.42 Å². The van der Waals surface area contributed by atoms with Gasteiger partial charge in [0.05, 0.1) is 13.7 Å². The molecule has 0 aromatic heterocycles. The van der Waals surface area contributed by atoms with Crippen LogP contribution in [0.15, 0.2) is 21.5 Å². The van der Waals surface area contributed by atoms with Gasteiger partial charge in [0, 0.05) is 29.6 Å². The second kappa shape index (κ2) is 5.78. The average Bonchev–Trinajstić information content (AvgIpc) is 3.12. The van der Waals surface area contributed by atoms with Crippen molar-refractivity contribution in [1.29, 1.82) is 0 Å². The molecule has 0 radical (unpaired) electrons. The van der Waals surface area contributed by atoms with Gasteiger partial charge in [-0.25, -0.2) is 8.42 Å². The molecule has 5 nitrogen and oxygen atoms in total. The topological polar surface area (TPSA) is 55.8 Å². The molecule has 0 bridgehead atoms. The molecule has 0 aliphatic carbocycles. The van der Waals surface area contributed by atoms with Gasteiger partial charge in [-0.3, -0.25) is 0 Å². The van der Waals surface area contributed by atoms with E-state index in [1.54, 1.807) is 16.4 Å². The maximum absolute atomic E-state index is 13.0. The van der Waals surface area contributed by atoms with Crippen molar-refractivity contribution >= 4 is 26.0 Å². The maximum Gasteiger partial charge on any atom is 0.246 e. The van der Waals surface area contributed by atoms with Crippen LogP contribution < -0.4 is 4.74 Å². The Balaban J connectivity index is 1.95. The molecular formula is C15H20BrNO4S. The summed E-state index contributed by atoms with van der Waals surface area (Å²) in [4.78, 5) is 0.225.